The molecule has 0 spiro atoms. The summed E-state index contributed by atoms with van der Waals surface area (Å²) in [5.74, 6) is 0.0609. The van der Waals surface area contributed by atoms with Gasteiger partial charge in [0.2, 0.25) is 5.91 Å². The largest absolute Gasteiger partial charge is 0.340 e. The van der Waals surface area contributed by atoms with Crippen molar-refractivity contribution in [1.82, 2.24) is 10.2 Å². The minimum atomic E-state index is 0.0609. The number of hydrogen-bond donors (Lipinski definition) is 1. The van der Waals surface area contributed by atoms with Gasteiger partial charge in [-0.1, -0.05) is 19.1 Å². The van der Waals surface area contributed by atoms with Gasteiger partial charge in [-0.3, -0.25) is 4.79 Å². The Kier molecular flexibility index (Phi) is 5.89. The predicted octanol–water partition coefficient (Wildman–Crippen LogP) is 1.52. The van der Waals surface area contributed by atoms with Gasteiger partial charge in [0.1, 0.15) is 0 Å². The highest BCUT2D eigenvalue weighted by Gasteiger charge is 2.08. The van der Waals surface area contributed by atoms with Gasteiger partial charge in [-0.2, -0.15) is 5.26 Å². The Balaban J connectivity index is 2.50. The van der Waals surface area contributed by atoms with E-state index in [-0.39, 0.29) is 5.91 Å². The maximum Gasteiger partial charge on any atom is 0.236 e. The van der Waals surface area contributed by atoms with Crippen LogP contribution in [-0.2, 0) is 11.3 Å². The van der Waals surface area contributed by atoms with Crippen molar-refractivity contribution in [1.29, 1.82) is 5.26 Å². The third-order valence-electron chi connectivity index (χ3n) is 2.60. The van der Waals surface area contributed by atoms with Crippen LogP contribution in [0.25, 0.3) is 0 Å². The molecule has 18 heavy (non-hydrogen) atoms. The van der Waals surface area contributed by atoms with Gasteiger partial charge in [-0.05, 0) is 30.7 Å². The minimum absolute atomic E-state index is 0.0609. The van der Waals surface area contributed by atoms with Crippen LogP contribution in [0.5, 0.6) is 0 Å². The van der Waals surface area contributed by atoms with E-state index in [4.69, 9.17) is 5.26 Å². The summed E-state index contributed by atoms with van der Waals surface area (Å²) in [5.41, 5.74) is 1.60. The number of carbonyl (C=O) groups is 1. The number of carbonyl (C=O) groups excluding carboxylic acids is 1. The lowest BCUT2D eigenvalue weighted by Gasteiger charge is -2.17. The molecular formula is C14H19N3O. The molecule has 0 unspecified atom stereocenters. The molecule has 0 bridgehead atoms. The van der Waals surface area contributed by atoms with Crippen LogP contribution in [0.2, 0.25) is 0 Å². The van der Waals surface area contributed by atoms with Gasteiger partial charge in [-0.15, -0.1) is 0 Å². The molecule has 0 heterocycles. The summed E-state index contributed by atoms with van der Waals surface area (Å²) >= 11 is 0. The summed E-state index contributed by atoms with van der Waals surface area (Å²) in [6.07, 6.45) is 1.02. The van der Waals surface area contributed by atoms with E-state index in [0.29, 0.717) is 18.7 Å². The number of amides is 1. The number of rotatable bonds is 6. The molecule has 1 rings (SSSR count). The average Bonchev–Trinajstić information content (AvgIpc) is 2.39. The molecule has 0 aromatic heterocycles. The minimum Gasteiger partial charge on any atom is -0.340 e. The van der Waals surface area contributed by atoms with Crippen LogP contribution in [0.15, 0.2) is 24.3 Å². The van der Waals surface area contributed by atoms with E-state index in [0.717, 1.165) is 18.5 Å². The summed E-state index contributed by atoms with van der Waals surface area (Å²) in [6.45, 7) is 3.81. The van der Waals surface area contributed by atoms with Crippen molar-refractivity contribution in [3.05, 3.63) is 35.4 Å². The fourth-order valence-electron chi connectivity index (χ4n) is 1.61. The fraction of sp³-hybridized carbons (Fsp3) is 0.429. The summed E-state index contributed by atoms with van der Waals surface area (Å²) < 4.78 is 0. The van der Waals surface area contributed by atoms with Gasteiger partial charge in [0, 0.05) is 13.6 Å². The van der Waals surface area contributed by atoms with E-state index in [9.17, 15) is 4.79 Å². The van der Waals surface area contributed by atoms with Gasteiger partial charge in [0.25, 0.3) is 0 Å². The normalized spacial score (nSPS) is 9.83. The first-order chi connectivity index (χ1) is 8.67. The maximum absolute atomic E-state index is 11.8. The Morgan fingerprint density at radius 1 is 1.50 bits per heavy atom. The van der Waals surface area contributed by atoms with Gasteiger partial charge in [0.05, 0.1) is 18.2 Å². The van der Waals surface area contributed by atoms with Crippen LogP contribution in [0.1, 0.15) is 24.5 Å². The van der Waals surface area contributed by atoms with E-state index in [2.05, 4.69) is 18.3 Å². The monoisotopic (exact) mass is 245 g/mol. The van der Waals surface area contributed by atoms with Crippen molar-refractivity contribution < 1.29 is 4.79 Å². The quantitative estimate of drug-likeness (QED) is 0.773. The second kappa shape index (κ2) is 7.46. The van der Waals surface area contributed by atoms with Crippen LogP contribution in [0.3, 0.4) is 0 Å². The van der Waals surface area contributed by atoms with Crippen LogP contribution < -0.4 is 5.32 Å². The molecule has 0 atom stereocenters. The van der Waals surface area contributed by atoms with Crippen molar-refractivity contribution in [3.63, 3.8) is 0 Å². The van der Waals surface area contributed by atoms with Crippen LogP contribution in [0.4, 0.5) is 0 Å². The van der Waals surface area contributed by atoms with Gasteiger partial charge in [0.15, 0.2) is 0 Å². The molecule has 96 valence electrons. The molecule has 4 nitrogen and oxygen atoms in total. The SMILES string of the molecule is CCCNCC(=O)N(C)Cc1cccc(C#N)c1. The summed E-state index contributed by atoms with van der Waals surface area (Å²) in [4.78, 5) is 13.4. The smallest absolute Gasteiger partial charge is 0.236 e. The Hall–Kier alpha value is -1.86. The molecule has 1 aromatic rings. The Bertz CT molecular complexity index is 437. The first-order valence-electron chi connectivity index (χ1n) is 6.11. The van der Waals surface area contributed by atoms with Gasteiger partial charge < -0.3 is 10.2 Å². The Morgan fingerprint density at radius 2 is 2.28 bits per heavy atom. The lowest BCUT2D eigenvalue weighted by atomic mass is 10.1. The average molecular weight is 245 g/mol. The summed E-state index contributed by atoms with van der Waals surface area (Å²) in [5, 5.41) is 11.9. The van der Waals surface area contributed by atoms with Gasteiger partial charge in [-0.25, -0.2) is 0 Å². The Morgan fingerprint density at radius 3 is 2.94 bits per heavy atom. The number of nitrogens with one attached hydrogen (secondary N) is 1. The topological polar surface area (TPSA) is 56.1 Å². The lowest BCUT2D eigenvalue weighted by molar-refractivity contribution is -0.129. The molecule has 0 saturated heterocycles. The molecule has 0 saturated carbocycles. The molecule has 1 amide bonds. The first-order valence-corrected chi connectivity index (χ1v) is 6.11. The molecule has 0 aliphatic carbocycles. The number of benzene rings is 1. The molecule has 4 heteroatoms. The second-order valence-corrected chi connectivity index (χ2v) is 4.24. The highest BCUT2D eigenvalue weighted by atomic mass is 16.2. The molecular weight excluding hydrogens is 226 g/mol. The third-order valence-corrected chi connectivity index (χ3v) is 2.60. The number of nitriles is 1. The van der Waals surface area contributed by atoms with Crippen LogP contribution in [-0.4, -0.2) is 30.9 Å². The third kappa shape index (κ3) is 4.56. The number of hydrogen-bond acceptors (Lipinski definition) is 3. The predicted molar refractivity (Wildman–Crippen MR) is 70.8 cm³/mol. The summed E-state index contributed by atoms with van der Waals surface area (Å²) in [7, 11) is 1.77. The molecule has 0 aliphatic rings. The standard InChI is InChI=1S/C14H19N3O/c1-3-7-16-10-14(18)17(2)11-13-6-4-5-12(8-13)9-15/h4-6,8,16H,3,7,10-11H2,1-2H3. The second-order valence-electron chi connectivity index (χ2n) is 4.24. The van der Waals surface area contributed by atoms with E-state index in [1.807, 2.05) is 18.2 Å². The maximum atomic E-state index is 11.8. The highest BCUT2D eigenvalue weighted by Crippen LogP contribution is 2.06. The van der Waals surface area contributed by atoms with Crippen molar-refractivity contribution in [2.24, 2.45) is 0 Å². The van der Waals surface area contributed by atoms with E-state index in [1.54, 1.807) is 18.0 Å². The molecule has 1 aromatic carbocycles. The van der Waals surface area contributed by atoms with Crippen molar-refractivity contribution in [2.75, 3.05) is 20.1 Å². The molecule has 1 N–H and O–H groups in total. The van der Waals surface area contributed by atoms with Gasteiger partial charge >= 0.3 is 0 Å². The Labute approximate surface area is 108 Å². The summed E-state index contributed by atoms with van der Waals surface area (Å²) in [6, 6.07) is 9.42. The number of likely N-dealkylation sites (N-methyl/N-ethyl adjacent to an activating group) is 1. The zero-order chi connectivity index (χ0) is 13.4. The fourth-order valence-corrected chi connectivity index (χ4v) is 1.61. The molecule has 0 aliphatic heterocycles. The zero-order valence-corrected chi connectivity index (χ0v) is 10.9. The van der Waals surface area contributed by atoms with E-state index >= 15 is 0 Å². The van der Waals surface area contributed by atoms with Crippen molar-refractivity contribution in [3.8, 4) is 6.07 Å². The highest BCUT2D eigenvalue weighted by molar-refractivity contribution is 5.77. The first kappa shape index (κ1) is 14.2. The number of nitrogens with zero attached hydrogens (tertiary/aromatic N) is 2. The molecule has 0 radical (unpaired) electrons. The van der Waals surface area contributed by atoms with E-state index in [1.165, 1.54) is 0 Å². The lowest BCUT2D eigenvalue weighted by Crippen LogP contribution is -2.35. The van der Waals surface area contributed by atoms with Crippen molar-refractivity contribution in [2.45, 2.75) is 19.9 Å². The van der Waals surface area contributed by atoms with Crippen LogP contribution >= 0.6 is 0 Å². The molecule has 0 fully saturated rings. The van der Waals surface area contributed by atoms with Crippen LogP contribution in [0, 0.1) is 11.3 Å². The zero-order valence-electron chi connectivity index (χ0n) is 10.9. The van der Waals surface area contributed by atoms with E-state index < -0.39 is 0 Å². The van der Waals surface area contributed by atoms with Crippen molar-refractivity contribution >= 4 is 5.91 Å².